The fraction of sp³-hybridized carbons (Fsp3) is 0.406. The number of likely N-dealkylation sites (N-methyl/N-ethyl adjacent to an activating group) is 1. The average molecular weight is 609 g/mol. The molecule has 0 aromatic heterocycles. The summed E-state index contributed by atoms with van der Waals surface area (Å²) in [4.78, 5) is 41.8. The van der Waals surface area contributed by atoms with E-state index in [4.69, 9.17) is 19.9 Å². The van der Waals surface area contributed by atoms with Gasteiger partial charge in [0.1, 0.15) is 22.8 Å². The number of Topliss-reactive ketones (excluding diaryl/α,β-unsaturated/α-hetero) is 2. The Morgan fingerprint density at radius 1 is 0.955 bits per heavy atom. The van der Waals surface area contributed by atoms with Crippen LogP contribution in [0.1, 0.15) is 31.4 Å². The number of hydrogen-bond donors (Lipinski definition) is 5. The summed E-state index contributed by atoms with van der Waals surface area (Å²) >= 11 is 0. The molecular weight excluding hydrogens is 572 g/mol. The molecule has 1 saturated carbocycles. The number of amides is 1. The molecule has 6 N–H and O–H groups in total. The molecule has 0 radical (unpaired) electrons. The summed E-state index contributed by atoms with van der Waals surface area (Å²) < 4.78 is 16.7. The normalized spacial score (nSPS) is 28.0. The number of aliphatic hydroxyl groups is 3. The van der Waals surface area contributed by atoms with Crippen LogP contribution in [0.25, 0.3) is 16.9 Å². The number of phenolic OH excluding ortho intramolecular Hbond substituents is 1. The van der Waals surface area contributed by atoms with Crippen LogP contribution in [0, 0.1) is 10.8 Å². The Balaban J connectivity index is 1.83. The molecule has 2 aromatic rings. The molecule has 0 saturated heterocycles. The Kier molecular flexibility index (Phi) is 7.02. The van der Waals surface area contributed by atoms with Crippen LogP contribution in [0.3, 0.4) is 0 Å². The molecule has 3 aliphatic rings. The molecule has 0 heterocycles. The molecule has 4 atom stereocenters. The minimum Gasteiger partial charge on any atom is -0.508 e. The maximum atomic E-state index is 14.4. The van der Waals surface area contributed by atoms with E-state index in [-0.39, 0.29) is 29.7 Å². The second-order valence-electron chi connectivity index (χ2n) is 12.3. The molecule has 5 rings (SSSR count). The molecule has 1 fully saturated rings. The fourth-order valence-electron chi connectivity index (χ4n) is 7.89. The van der Waals surface area contributed by atoms with Crippen molar-refractivity contribution in [3.05, 3.63) is 52.3 Å². The summed E-state index contributed by atoms with van der Waals surface area (Å²) in [6.07, 6.45) is -0.0220. The molecule has 44 heavy (non-hydrogen) atoms. The number of aromatic hydroxyl groups is 1. The van der Waals surface area contributed by atoms with Crippen molar-refractivity contribution in [3.8, 4) is 34.1 Å². The summed E-state index contributed by atoms with van der Waals surface area (Å²) in [5.41, 5.74) is 0.173. The summed E-state index contributed by atoms with van der Waals surface area (Å²) in [6, 6.07) is 5.20. The lowest BCUT2D eigenvalue weighted by Gasteiger charge is -2.59. The number of ether oxygens (including phenoxy) is 3. The highest BCUT2D eigenvalue weighted by Gasteiger charge is 2.72. The highest BCUT2D eigenvalue weighted by molar-refractivity contribution is 6.25. The standard InChI is InChI=1S/C32H36N2O10/c1-30-12-16-14(15-9-11-18(42-5)25(44-7)24(15)43-6)8-10-17(35)19(16)22(36)21(30)28(39)32(41)27(38)20(29(33)40)23(37)26(34(3)4)31(32,2)13-30/h8-11,26,35-36,38,41H,12-13H2,1-7H3,(H2,33,40)/t26-,30+,31+,32-/m1/s1. The first-order valence-corrected chi connectivity index (χ1v) is 13.8. The van der Waals surface area contributed by atoms with Gasteiger partial charge in [0.15, 0.2) is 22.9 Å². The van der Waals surface area contributed by atoms with Gasteiger partial charge in [-0.25, -0.2) is 0 Å². The summed E-state index contributed by atoms with van der Waals surface area (Å²) in [7, 11) is 7.53. The second-order valence-corrected chi connectivity index (χ2v) is 12.3. The number of carbonyl (C=O) groups excluding carboxylic acids is 3. The fourth-order valence-corrected chi connectivity index (χ4v) is 7.89. The Bertz CT molecular complexity index is 1710. The van der Waals surface area contributed by atoms with Crippen molar-refractivity contribution in [1.82, 2.24) is 4.90 Å². The van der Waals surface area contributed by atoms with E-state index < -0.39 is 57.0 Å². The van der Waals surface area contributed by atoms with E-state index >= 15 is 0 Å². The van der Waals surface area contributed by atoms with Gasteiger partial charge in [0.2, 0.25) is 11.5 Å². The lowest BCUT2D eigenvalue weighted by Crippen LogP contribution is -2.72. The largest absolute Gasteiger partial charge is 0.508 e. The van der Waals surface area contributed by atoms with Gasteiger partial charge in [-0.15, -0.1) is 0 Å². The quantitative estimate of drug-likeness (QED) is 0.303. The predicted octanol–water partition coefficient (Wildman–Crippen LogP) is 2.44. The van der Waals surface area contributed by atoms with E-state index in [0.717, 1.165) is 0 Å². The molecule has 0 spiro atoms. The van der Waals surface area contributed by atoms with Gasteiger partial charge < -0.3 is 40.4 Å². The topological polar surface area (TPSA) is 189 Å². The first-order valence-electron chi connectivity index (χ1n) is 13.8. The molecular formula is C32H36N2O10. The van der Waals surface area contributed by atoms with Gasteiger partial charge in [0, 0.05) is 22.0 Å². The third-order valence-corrected chi connectivity index (χ3v) is 9.51. The molecule has 12 nitrogen and oxygen atoms in total. The number of benzene rings is 2. The minimum atomic E-state index is -2.79. The number of nitrogens with zero attached hydrogens (tertiary/aromatic N) is 1. The van der Waals surface area contributed by atoms with Gasteiger partial charge in [-0.05, 0) is 56.3 Å². The third kappa shape index (κ3) is 3.73. The van der Waals surface area contributed by atoms with Crippen molar-refractivity contribution < 1.29 is 49.0 Å². The number of ketones is 2. The third-order valence-electron chi connectivity index (χ3n) is 9.51. The van der Waals surface area contributed by atoms with Gasteiger partial charge in [-0.2, -0.15) is 0 Å². The van der Waals surface area contributed by atoms with Crippen LogP contribution < -0.4 is 19.9 Å². The molecule has 234 valence electrons. The number of methoxy groups -OCH3 is 3. The van der Waals surface area contributed by atoms with Crippen LogP contribution in [0.5, 0.6) is 23.0 Å². The number of hydrogen-bond acceptors (Lipinski definition) is 11. The van der Waals surface area contributed by atoms with Crippen molar-refractivity contribution in [2.24, 2.45) is 16.6 Å². The molecule has 0 bridgehead atoms. The zero-order valence-corrected chi connectivity index (χ0v) is 25.6. The number of fused-ring (bicyclic) bond motifs is 3. The smallest absolute Gasteiger partial charge is 0.255 e. The number of rotatable bonds is 6. The van der Waals surface area contributed by atoms with Crippen LogP contribution >= 0.6 is 0 Å². The van der Waals surface area contributed by atoms with Crippen molar-refractivity contribution in [2.75, 3.05) is 35.4 Å². The highest BCUT2D eigenvalue weighted by Crippen LogP contribution is 2.63. The van der Waals surface area contributed by atoms with Crippen molar-refractivity contribution in [1.29, 1.82) is 0 Å². The first-order chi connectivity index (χ1) is 20.5. The van der Waals surface area contributed by atoms with Gasteiger partial charge >= 0.3 is 0 Å². The van der Waals surface area contributed by atoms with E-state index in [9.17, 15) is 34.8 Å². The number of carbonyl (C=O) groups is 3. The van der Waals surface area contributed by atoms with E-state index in [0.29, 0.717) is 33.9 Å². The Morgan fingerprint density at radius 3 is 2.11 bits per heavy atom. The van der Waals surface area contributed by atoms with Crippen molar-refractivity contribution in [2.45, 2.75) is 38.3 Å². The Hall–Kier alpha value is -4.55. The van der Waals surface area contributed by atoms with E-state index in [1.165, 1.54) is 39.2 Å². The predicted molar refractivity (Wildman–Crippen MR) is 159 cm³/mol. The van der Waals surface area contributed by atoms with Crippen LogP contribution in [0.2, 0.25) is 0 Å². The maximum Gasteiger partial charge on any atom is 0.255 e. The van der Waals surface area contributed by atoms with Crippen LogP contribution in [-0.2, 0) is 20.8 Å². The number of aliphatic hydroxyl groups excluding tert-OH is 2. The van der Waals surface area contributed by atoms with Gasteiger partial charge in [0.25, 0.3) is 5.91 Å². The van der Waals surface area contributed by atoms with Crippen LogP contribution in [0.4, 0.5) is 0 Å². The second kappa shape index (κ2) is 10.00. The number of phenols is 1. The van der Waals surface area contributed by atoms with Crippen LogP contribution in [-0.4, -0.2) is 89.9 Å². The Morgan fingerprint density at radius 2 is 1.57 bits per heavy atom. The monoisotopic (exact) mass is 608 g/mol. The molecule has 3 aliphatic carbocycles. The summed E-state index contributed by atoms with van der Waals surface area (Å²) in [6.45, 7) is 3.21. The maximum absolute atomic E-state index is 14.4. The molecule has 0 unspecified atom stereocenters. The van der Waals surface area contributed by atoms with Crippen LogP contribution in [0.15, 0.2) is 41.2 Å². The molecule has 1 amide bonds. The lowest BCUT2D eigenvalue weighted by molar-refractivity contribution is -0.175. The molecule has 0 aliphatic heterocycles. The number of primary amides is 1. The minimum absolute atomic E-state index is 0.0398. The lowest BCUT2D eigenvalue weighted by atomic mass is 9.46. The molecule has 12 heteroatoms. The summed E-state index contributed by atoms with van der Waals surface area (Å²) in [5.74, 6) is -4.22. The summed E-state index contributed by atoms with van der Waals surface area (Å²) in [5, 5.41) is 46.2. The first kappa shape index (κ1) is 30.9. The van der Waals surface area contributed by atoms with Gasteiger partial charge in [-0.1, -0.05) is 19.9 Å². The van der Waals surface area contributed by atoms with E-state index in [2.05, 4.69) is 0 Å². The highest BCUT2D eigenvalue weighted by atomic mass is 16.5. The van der Waals surface area contributed by atoms with Crippen molar-refractivity contribution >= 4 is 23.2 Å². The zero-order valence-electron chi connectivity index (χ0n) is 25.6. The van der Waals surface area contributed by atoms with Gasteiger partial charge in [0.05, 0.1) is 32.9 Å². The van der Waals surface area contributed by atoms with E-state index in [1.54, 1.807) is 39.2 Å². The average Bonchev–Trinajstić information content (AvgIpc) is 2.93. The number of nitrogens with two attached hydrogens (primary N) is 1. The Labute approximate surface area is 253 Å². The van der Waals surface area contributed by atoms with E-state index in [1.807, 2.05) is 0 Å². The zero-order chi connectivity index (χ0) is 32.7. The SMILES string of the molecule is COc1ccc(-c2ccc(O)c3c2C[C@@]2(C)C[C@@]4(C)[C@H](N(C)C)C(=O)C(C(N)=O)=C(O)[C@@]4(O)C(=O)C2=C3O)c(OC)c1OC. The van der Waals surface area contributed by atoms with Crippen molar-refractivity contribution in [3.63, 3.8) is 0 Å². The van der Waals surface area contributed by atoms with Gasteiger partial charge in [-0.3, -0.25) is 19.3 Å². The molecule has 2 aromatic carbocycles.